The summed E-state index contributed by atoms with van der Waals surface area (Å²) in [5.74, 6) is 0.705. The SMILES string of the molecule is c1ccc(-c2cc(-c3cccc(-n4c5ccccc5c5c6c(c7ccccc7n6-c6ccccc6)c6sc7ccccc7c6c54)c3)nc(-c3ccccc3)n2)cc1. The Bertz CT molecular complexity index is 3450. The number of fused-ring (bicyclic) bond motifs is 12. The zero-order valence-corrected chi connectivity index (χ0v) is 31.5. The molecule has 0 N–H and O–H groups in total. The monoisotopic (exact) mass is 744 g/mol. The highest BCUT2D eigenvalue weighted by atomic mass is 32.1. The van der Waals surface area contributed by atoms with Crippen molar-refractivity contribution in [3.05, 3.63) is 194 Å². The van der Waals surface area contributed by atoms with Crippen LogP contribution < -0.4 is 0 Å². The second-order valence-electron chi connectivity index (χ2n) is 14.5. The molecule has 0 aliphatic rings. The van der Waals surface area contributed by atoms with E-state index in [0.717, 1.165) is 45.0 Å². The number of hydrogen-bond acceptors (Lipinski definition) is 3. The van der Waals surface area contributed by atoms with Crippen molar-refractivity contribution in [1.29, 1.82) is 0 Å². The first-order chi connectivity index (χ1) is 28.3. The zero-order valence-electron chi connectivity index (χ0n) is 30.7. The fourth-order valence-electron chi connectivity index (χ4n) is 8.87. The van der Waals surface area contributed by atoms with Gasteiger partial charge in [0.25, 0.3) is 0 Å². The van der Waals surface area contributed by atoms with Crippen molar-refractivity contribution in [2.75, 3.05) is 0 Å². The topological polar surface area (TPSA) is 35.6 Å². The van der Waals surface area contributed by atoms with Gasteiger partial charge in [-0.3, -0.25) is 0 Å². The summed E-state index contributed by atoms with van der Waals surface area (Å²) in [6, 6.07) is 69.2. The van der Waals surface area contributed by atoms with Crippen molar-refractivity contribution in [3.63, 3.8) is 0 Å². The van der Waals surface area contributed by atoms with E-state index in [1.54, 1.807) is 0 Å². The van der Waals surface area contributed by atoms with Gasteiger partial charge in [0, 0.05) is 69.8 Å². The van der Waals surface area contributed by atoms with Gasteiger partial charge in [-0.1, -0.05) is 146 Å². The van der Waals surface area contributed by atoms with Gasteiger partial charge in [-0.25, -0.2) is 9.97 Å². The molecule has 0 spiro atoms. The van der Waals surface area contributed by atoms with Crippen molar-refractivity contribution >= 4 is 75.1 Å². The first kappa shape index (κ1) is 32.0. The smallest absolute Gasteiger partial charge is 0.160 e. The maximum atomic E-state index is 5.22. The molecule has 8 aromatic carbocycles. The van der Waals surface area contributed by atoms with E-state index in [-0.39, 0.29) is 0 Å². The average Bonchev–Trinajstić information content (AvgIpc) is 3.95. The van der Waals surface area contributed by atoms with Crippen LogP contribution in [0.4, 0.5) is 0 Å². The molecular formula is C52H32N4S. The van der Waals surface area contributed by atoms with Crippen LogP contribution in [0.25, 0.3) is 109 Å². The maximum Gasteiger partial charge on any atom is 0.160 e. The standard InChI is InChI=1S/C52H32N4S/c1-4-17-33(18-5-1)41-32-42(54-52(53-41)34-19-6-2-7-20-34)35-21-16-24-37(31-35)56-43-28-13-10-25-38(43)46-49-47(51-48(50(46)56)40-27-12-15-30-45(40)57-51)39-26-11-14-29-44(39)55(49)36-22-8-3-9-23-36/h1-32H. The van der Waals surface area contributed by atoms with Gasteiger partial charge in [0.15, 0.2) is 5.82 Å². The van der Waals surface area contributed by atoms with Crippen LogP contribution in [0.3, 0.4) is 0 Å². The van der Waals surface area contributed by atoms with E-state index < -0.39 is 0 Å². The molecule has 0 aliphatic heterocycles. The first-order valence-corrected chi connectivity index (χ1v) is 20.1. The Morgan fingerprint density at radius 1 is 0.368 bits per heavy atom. The molecule has 0 radical (unpaired) electrons. The molecule has 0 amide bonds. The Labute approximate surface area is 332 Å². The van der Waals surface area contributed by atoms with Crippen LogP contribution in [-0.4, -0.2) is 19.1 Å². The summed E-state index contributed by atoms with van der Waals surface area (Å²) in [6.07, 6.45) is 0. The molecule has 0 unspecified atom stereocenters. The summed E-state index contributed by atoms with van der Waals surface area (Å²) >= 11 is 1.90. The number of benzene rings is 8. The van der Waals surface area contributed by atoms with Gasteiger partial charge < -0.3 is 9.13 Å². The summed E-state index contributed by atoms with van der Waals surface area (Å²) < 4.78 is 7.58. The van der Waals surface area contributed by atoms with Crippen LogP contribution in [0.5, 0.6) is 0 Å². The average molecular weight is 745 g/mol. The molecule has 57 heavy (non-hydrogen) atoms. The van der Waals surface area contributed by atoms with E-state index in [0.29, 0.717) is 5.82 Å². The van der Waals surface area contributed by atoms with Crippen molar-refractivity contribution < 1.29 is 0 Å². The highest BCUT2D eigenvalue weighted by Gasteiger charge is 2.26. The first-order valence-electron chi connectivity index (χ1n) is 19.3. The van der Waals surface area contributed by atoms with E-state index >= 15 is 0 Å². The molecule has 5 heteroatoms. The summed E-state index contributed by atoms with van der Waals surface area (Å²) in [7, 11) is 0. The second kappa shape index (κ2) is 12.6. The van der Waals surface area contributed by atoms with Crippen molar-refractivity contribution in [2.45, 2.75) is 0 Å². The third-order valence-corrected chi connectivity index (χ3v) is 12.5. The van der Waals surface area contributed by atoms with E-state index in [9.17, 15) is 0 Å². The van der Waals surface area contributed by atoms with Gasteiger partial charge in [0.1, 0.15) is 0 Å². The van der Waals surface area contributed by atoms with Gasteiger partial charge in [0.2, 0.25) is 0 Å². The summed E-state index contributed by atoms with van der Waals surface area (Å²) in [5, 5.41) is 7.60. The fraction of sp³-hybridized carbons (Fsp3) is 0. The largest absolute Gasteiger partial charge is 0.308 e. The lowest BCUT2D eigenvalue weighted by atomic mass is 10.0. The van der Waals surface area contributed by atoms with Crippen LogP contribution in [0.15, 0.2) is 194 Å². The molecular weight excluding hydrogens is 713 g/mol. The molecule has 0 atom stereocenters. The Kier molecular flexibility index (Phi) is 7.06. The maximum absolute atomic E-state index is 5.22. The molecule has 4 aromatic heterocycles. The highest BCUT2D eigenvalue weighted by Crippen LogP contribution is 2.51. The number of thiophene rings is 1. The highest BCUT2D eigenvalue weighted by molar-refractivity contribution is 7.27. The molecule has 0 bridgehead atoms. The van der Waals surface area contributed by atoms with Gasteiger partial charge in [-0.15, -0.1) is 11.3 Å². The molecule has 0 aliphatic carbocycles. The molecule has 12 aromatic rings. The molecule has 4 nitrogen and oxygen atoms in total. The van der Waals surface area contributed by atoms with E-state index in [4.69, 9.17) is 9.97 Å². The van der Waals surface area contributed by atoms with Crippen LogP contribution in [0.1, 0.15) is 0 Å². The second-order valence-corrected chi connectivity index (χ2v) is 15.6. The Morgan fingerprint density at radius 2 is 0.860 bits per heavy atom. The van der Waals surface area contributed by atoms with Crippen molar-refractivity contribution in [2.24, 2.45) is 0 Å². The van der Waals surface area contributed by atoms with Crippen LogP contribution in [0, 0.1) is 0 Å². The number of rotatable bonds is 5. The predicted molar refractivity (Wildman–Crippen MR) is 240 cm³/mol. The fourth-order valence-corrected chi connectivity index (χ4v) is 10.1. The third kappa shape index (κ3) is 4.86. The number of hydrogen-bond donors (Lipinski definition) is 0. The van der Waals surface area contributed by atoms with Crippen LogP contribution in [-0.2, 0) is 0 Å². The molecule has 4 heterocycles. The number of nitrogens with zero attached hydrogens (tertiary/aromatic N) is 4. The third-order valence-electron chi connectivity index (χ3n) is 11.3. The van der Waals surface area contributed by atoms with Gasteiger partial charge >= 0.3 is 0 Å². The minimum absolute atomic E-state index is 0.705. The molecule has 12 rings (SSSR count). The number of para-hydroxylation sites is 3. The van der Waals surface area contributed by atoms with Crippen molar-refractivity contribution in [1.82, 2.24) is 19.1 Å². The van der Waals surface area contributed by atoms with E-state index in [1.807, 2.05) is 35.6 Å². The molecule has 0 saturated carbocycles. The zero-order chi connectivity index (χ0) is 37.5. The summed E-state index contributed by atoms with van der Waals surface area (Å²) in [5.41, 5.74) is 11.9. The normalized spacial score (nSPS) is 11.9. The van der Waals surface area contributed by atoms with Gasteiger partial charge in [0.05, 0.1) is 33.5 Å². The molecule has 266 valence electrons. The quantitative estimate of drug-likeness (QED) is 0.176. The lowest BCUT2D eigenvalue weighted by Gasteiger charge is -2.13. The predicted octanol–water partition coefficient (Wildman–Crippen LogP) is 14.0. The van der Waals surface area contributed by atoms with Crippen molar-refractivity contribution in [3.8, 4) is 45.3 Å². The van der Waals surface area contributed by atoms with Crippen LogP contribution >= 0.6 is 11.3 Å². The van der Waals surface area contributed by atoms with Gasteiger partial charge in [-0.2, -0.15) is 0 Å². The lowest BCUT2D eigenvalue weighted by molar-refractivity contribution is 1.17. The minimum Gasteiger partial charge on any atom is -0.308 e. The molecule has 0 saturated heterocycles. The number of aromatic nitrogens is 4. The minimum atomic E-state index is 0.705. The Balaban J connectivity index is 1.22. The van der Waals surface area contributed by atoms with Crippen LogP contribution in [0.2, 0.25) is 0 Å². The summed E-state index contributed by atoms with van der Waals surface area (Å²) in [4.78, 5) is 10.3. The summed E-state index contributed by atoms with van der Waals surface area (Å²) in [6.45, 7) is 0. The lowest BCUT2D eigenvalue weighted by Crippen LogP contribution is -1.98. The van der Waals surface area contributed by atoms with E-state index in [1.165, 1.54) is 58.3 Å². The Morgan fingerprint density at radius 3 is 1.56 bits per heavy atom. The van der Waals surface area contributed by atoms with Gasteiger partial charge in [-0.05, 0) is 48.5 Å². The Hall–Kier alpha value is -7.34. The molecule has 0 fully saturated rings. The van der Waals surface area contributed by atoms with E-state index in [2.05, 4.69) is 179 Å².